The van der Waals surface area contributed by atoms with Gasteiger partial charge in [0.1, 0.15) is 0 Å². The molecular formula is C53H35N5. The van der Waals surface area contributed by atoms with Crippen LogP contribution in [0.1, 0.15) is 0 Å². The van der Waals surface area contributed by atoms with E-state index in [0.717, 1.165) is 89.4 Å². The maximum Gasteiger partial charge on any atom is 0.220 e. The van der Waals surface area contributed by atoms with E-state index < -0.39 is 0 Å². The fourth-order valence-electron chi connectivity index (χ4n) is 8.14. The number of hydrogen-bond donors (Lipinski definition) is 0. The molecule has 0 aliphatic rings. The van der Waals surface area contributed by atoms with Gasteiger partial charge in [-0.15, -0.1) is 0 Å². The van der Waals surface area contributed by atoms with Crippen LogP contribution in [0.2, 0.25) is 0 Å². The fourth-order valence-corrected chi connectivity index (χ4v) is 8.14. The number of aromatic nitrogens is 5. The van der Waals surface area contributed by atoms with Crippen molar-refractivity contribution in [3.05, 3.63) is 212 Å². The first-order chi connectivity index (χ1) is 28.7. The second-order valence-electron chi connectivity index (χ2n) is 14.5. The molecule has 5 nitrogen and oxygen atoms in total. The fraction of sp³-hybridized carbons (Fsp3) is 0. The van der Waals surface area contributed by atoms with E-state index in [0.29, 0.717) is 5.82 Å². The van der Waals surface area contributed by atoms with Crippen LogP contribution in [-0.2, 0) is 0 Å². The molecule has 11 aromatic rings. The molecule has 3 heterocycles. The third-order valence-corrected chi connectivity index (χ3v) is 11.0. The number of rotatable bonds is 7. The number of fused-ring (bicyclic) bond motifs is 5. The molecule has 0 bridgehead atoms. The molecule has 0 atom stereocenters. The third-order valence-electron chi connectivity index (χ3n) is 11.0. The first-order valence-corrected chi connectivity index (χ1v) is 19.5. The van der Waals surface area contributed by atoms with Crippen molar-refractivity contribution in [3.8, 4) is 73.0 Å². The quantitative estimate of drug-likeness (QED) is 0.163. The average Bonchev–Trinajstić information content (AvgIpc) is 3.84. The molecule has 3 aromatic heterocycles. The topological polar surface area (TPSA) is 48.0 Å². The van der Waals surface area contributed by atoms with E-state index in [4.69, 9.17) is 15.0 Å². The van der Waals surface area contributed by atoms with Crippen molar-refractivity contribution < 1.29 is 0 Å². The summed E-state index contributed by atoms with van der Waals surface area (Å²) in [4.78, 5) is 15.6. The molecule has 5 heteroatoms. The summed E-state index contributed by atoms with van der Waals surface area (Å²) < 4.78 is 4.58. The highest BCUT2D eigenvalue weighted by Gasteiger charge is 2.20. The van der Waals surface area contributed by atoms with Crippen LogP contribution in [0.25, 0.3) is 101 Å². The second kappa shape index (κ2) is 14.0. The molecule has 272 valence electrons. The Hall–Kier alpha value is -7.89. The van der Waals surface area contributed by atoms with Crippen molar-refractivity contribution in [2.75, 3.05) is 0 Å². The molecule has 0 N–H and O–H groups in total. The summed E-state index contributed by atoms with van der Waals surface area (Å²) >= 11 is 0. The van der Waals surface area contributed by atoms with E-state index in [-0.39, 0.29) is 0 Å². The molecule has 0 saturated carbocycles. The zero-order valence-electron chi connectivity index (χ0n) is 31.4. The molecular weight excluding hydrogens is 707 g/mol. The van der Waals surface area contributed by atoms with Gasteiger partial charge in [-0.25, -0.2) is 15.0 Å². The SMILES string of the molecule is c1ccc(-c2ccc3c(c2)n2c4cc(-c5ccc(-c6nc(-c7ccccc7)cc(-c7ccccc7)n6)cc5-c5ccccc5)ccc4nc2n3-c2ccccc2)cc1. The lowest BCUT2D eigenvalue weighted by molar-refractivity contribution is 1.11. The largest absolute Gasteiger partial charge is 0.278 e. The predicted octanol–water partition coefficient (Wildman–Crippen LogP) is 13.2. The first kappa shape index (κ1) is 33.4. The molecule has 0 fully saturated rings. The average molecular weight is 742 g/mol. The van der Waals surface area contributed by atoms with Crippen molar-refractivity contribution in [3.63, 3.8) is 0 Å². The monoisotopic (exact) mass is 741 g/mol. The van der Waals surface area contributed by atoms with Gasteiger partial charge in [0.25, 0.3) is 0 Å². The van der Waals surface area contributed by atoms with Gasteiger partial charge >= 0.3 is 0 Å². The van der Waals surface area contributed by atoms with E-state index in [1.165, 1.54) is 5.56 Å². The van der Waals surface area contributed by atoms with Gasteiger partial charge < -0.3 is 0 Å². The number of imidazole rings is 2. The Balaban J connectivity index is 1.11. The van der Waals surface area contributed by atoms with Crippen LogP contribution in [0.4, 0.5) is 0 Å². The highest BCUT2D eigenvalue weighted by molar-refractivity contribution is 5.97. The number of benzene rings is 8. The lowest BCUT2D eigenvalue weighted by Gasteiger charge is -2.14. The maximum atomic E-state index is 5.28. The van der Waals surface area contributed by atoms with E-state index in [1.54, 1.807) is 0 Å². The Bertz CT molecular complexity index is 3190. The van der Waals surface area contributed by atoms with Crippen molar-refractivity contribution in [2.24, 2.45) is 0 Å². The lowest BCUT2D eigenvalue weighted by atomic mass is 9.92. The lowest BCUT2D eigenvalue weighted by Crippen LogP contribution is -1.97. The molecule has 0 aliphatic carbocycles. The Kier molecular flexibility index (Phi) is 8.07. The van der Waals surface area contributed by atoms with Crippen molar-refractivity contribution in [2.45, 2.75) is 0 Å². The summed E-state index contributed by atoms with van der Waals surface area (Å²) in [5, 5.41) is 0. The van der Waals surface area contributed by atoms with Crippen LogP contribution < -0.4 is 0 Å². The van der Waals surface area contributed by atoms with Crippen LogP contribution in [0.5, 0.6) is 0 Å². The van der Waals surface area contributed by atoms with Gasteiger partial charge in [-0.1, -0.05) is 164 Å². The van der Waals surface area contributed by atoms with E-state index in [2.05, 4.69) is 185 Å². The zero-order chi connectivity index (χ0) is 38.4. The van der Waals surface area contributed by atoms with Gasteiger partial charge in [-0.3, -0.25) is 8.97 Å². The maximum absolute atomic E-state index is 5.28. The van der Waals surface area contributed by atoms with Crippen molar-refractivity contribution in [1.29, 1.82) is 0 Å². The Morgan fingerprint density at radius 1 is 0.310 bits per heavy atom. The van der Waals surface area contributed by atoms with E-state index in [9.17, 15) is 0 Å². The minimum absolute atomic E-state index is 0.680. The normalized spacial score (nSPS) is 11.4. The summed E-state index contributed by atoms with van der Waals surface area (Å²) in [6.07, 6.45) is 0. The zero-order valence-corrected chi connectivity index (χ0v) is 31.4. The molecule has 0 saturated heterocycles. The van der Waals surface area contributed by atoms with Gasteiger partial charge in [-0.2, -0.15) is 0 Å². The highest BCUT2D eigenvalue weighted by Crippen LogP contribution is 2.39. The van der Waals surface area contributed by atoms with Crippen LogP contribution in [0, 0.1) is 0 Å². The van der Waals surface area contributed by atoms with Crippen LogP contribution in [-0.4, -0.2) is 23.9 Å². The number of hydrogen-bond acceptors (Lipinski definition) is 3. The summed E-state index contributed by atoms with van der Waals surface area (Å²) in [6, 6.07) is 74.4. The predicted molar refractivity (Wildman–Crippen MR) is 238 cm³/mol. The molecule has 11 rings (SSSR count). The van der Waals surface area contributed by atoms with Crippen molar-refractivity contribution >= 4 is 27.8 Å². The van der Waals surface area contributed by atoms with Gasteiger partial charge in [0, 0.05) is 22.4 Å². The smallest absolute Gasteiger partial charge is 0.220 e. The van der Waals surface area contributed by atoms with Crippen LogP contribution in [0.15, 0.2) is 212 Å². The molecule has 8 aromatic carbocycles. The van der Waals surface area contributed by atoms with Crippen LogP contribution >= 0.6 is 0 Å². The molecule has 0 amide bonds. The first-order valence-electron chi connectivity index (χ1n) is 19.5. The number of para-hydroxylation sites is 1. The summed E-state index contributed by atoms with van der Waals surface area (Å²) in [5.74, 6) is 1.56. The van der Waals surface area contributed by atoms with Gasteiger partial charge in [0.2, 0.25) is 5.78 Å². The molecule has 0 unspecified atom stereocenters. The minimum Gasteiger partial charge on any atom is -0.278 e. The summed E-state index contributed by atoms with van der Waals surface area (Å²) in [7, 11) is 0. The second-order valence-corrected chi connectivity index (χ2v) is 14.5. The standard InChI is InChI=1S/C53H35N5/c1-6-16-36(17-7-1)40-28-31-49-51(33-40)58-50-34-41(27-30-46(50)56-53(58)57(49)43-24-14-5-15-25-43)44-29-26-42(32-45(44)37-18-8-2-9-19-37)52-54-47(38-20-10-3-11-21-38)35-48(55-52)39-22-12-4-13-23-39/h1-35H. The van der Waals surface area contributed by atoms with Crippen molar-refractivity contribution in [1.82, 2.24) is 23.9 Å². The summed E-state index contributed by atoms with van der Waals surface area (Å²) in [6.45, 7) is 0. The summed E-state index contributed by atoms with van der Waals surface area (Å²) in [5.41, 5.74) is 16.9. The Morgan fingerprint density at radius 3 is 1.48 bits per heavy atom. The highest BCUT2D eigenvalue weighted by atomic mass is 15.2. The third kappa shape index (κ3) is 5.85. The Labute approximate surface area is 335 Å². The van der Waals surface area contributed by atoms with Gasteiger partial charge in [-0.05, 0) is 81.9 Å². The molecule has 0 spiro atoms. The van der Waals surface area contributed by atoms with Gasteiger partial charge in [0.05, 0.1) is 33.5 Å². The van der Waals surface area contributed by atoms with Gasteiger partial charge in [0.15, 0.2) is 5.82 Å². The molecule has 0 aliphatic heterocycles. The van der Waals surface area contributed by atoms with Crippen LogP contribution in [0.3, 0.4) is 0 Å². The molecule has 0 radical (unpaired) electrons. The van der Waals surface area contributed by atoms with E-state index >= 15 is 0 Å². The minimum atomic E-state index is 0.680. The number of nitrogens with zero attached hydrogens (tertiary/aromatic N) is 5. The molecule has 58 heavy (non-hydrogen) atoms. The Morgan fingerprint density at radius 2 is 0.845 bits per heavy atom. The van der Waals surface area contributed by atoms with E-state index in [1.807, 2.05) is 36.4 Å².